The van der Waals surface area contributed by atoms with Crippen LogP contribution in [-0.4, -0.2) is 24.8 Å². The molecule has 2 fully saturated rings. The summed E-state index contributed by atoms with van der Waals surface area (Å²) in [5.41, 5.74) is 1.86. The Morgan fingerprint density at radius 2 is 1.46 bits per heavy atom. The van der Waals surface area contributed by atoms with Crippen LogP contribution in [0.25, 0.3) is 0 Å². The van der Waals surface area contributed by atoms with Crippen molar-refractivity contribution in [2.24, 2.45) is 23.7 Å². The Morgan fingerprint density at radius 1 is 0.893 bits per heavy atom. The summed E-state index contributed by atoms with van der Waals surface area (Å²) in [6.45, 7) is 0. The van der Waals surface area contributed by atoms with Gasteiger partial charge in [-0.3, -0.25) is 19.3 Å². The van der Waals surface area contributed by atoms with Gasteiger partial charge in [-0.2, -0.15) is 0 Å². The van der Waals surface area contributed by atoms with Gasteiger partial charge in [-0.05, 0) is 54.7 Å². The number of fused-ring (bicyclic) bond motifs is 5. The van der Waals surface area contributed by atoms with Crippen LogP contribution < -0.4 is 9.80 Å². The van der Waals surface area contributed by atoms with Gasteiger partial charge in [0.05, 0.1) is 17.5 Å². The van der Waals surface area contributed by atoms with Crippen LogP contribution in [0.2, 0.25) is 0 Å². The number of carbonyl (C=O) groups is 3. The number of imide groups is 1. The van der Waals surface area contributed by atoms with E-state index in [1.54, 1.807) is 36.2 Å². The van der Waals surface area contributed by atoms with Crippen molar-refractivity contribution in [2.45, 2.75) is 6.42 Å². The molecule has 3 amide bonds. The molecule has 4 atom stereocenters. The maximum atomic E-state index is 12.9. The predicted molar refractivity (Wildman–Crippen MR) is 106 cm³/mol. The first-order valence-electron chi connectivity index (χ1n) is 9.55. The van der Waals surface area contributed by atoms with E-state index in [-0.39, 0.29) is 41.4 Å². The second kappa shape index (κ2) is 6.16. The SMILES string of the molecule is CN(C(=O)c1ccc(N2C(=O)C3C4C=CC(C4)C3C2=O)cc1)c1ccccc1. The number of hydrogen-bond donors (Lipinski definition) is 0. The van der Waals surface area contributed by atoms with E-state index in [2.05, 4.69) is 12.2 Å². The van der Waals surface area contributed by atoms with Gasteiger partial charge in [-0.15, -0.1) is 0 Å². The molecule has 28 heavy (non-hydrogen) atoms. The number of hydrogen-bond acceptors (Lipinski definition) is 3. The minimum atomic E-state index is -0.215. The Balaban J connectivity index is 1.38. The van der Waals surface area contributed by atoms with Gasteiger partial charge in [0.15, 0.2) is 0 Å². The zero-order valence-corrected chi connectivity index (χ0v) is 15.5. The number of para-hydroxylation sites is 1. The number of anilines is 2. The Labute approximate surface area is 163 Å². The Morgan fingerprint density at radius 3 is 2.04 bits per heavy atom. The Hall–Kier alpha value is -3.21. The average molecular weight is 372 g/mol. The van der Waals surface area contributed by atoms with Crippen molar-refractivity contribution < 1.29 is 14.4 Å². The second-order valence-corrected chi connectivity index (χ2v) is 7.76. The van der Waals surface area contributed by atoms with Gasteiger partial charge in [0.1, 0.15) is 0 Å². The van der Waals surface area contributed by atoms with Crippen LogP contribution in [0.4, 0.5) is 11.4 Å². The molecule has 0 aromatic heterocycles. The monoisotopic (exact) mass is 372 g/mol. The largest absolute Gasteiger partial charge is 0.311 e. The molecule has 4 unspecified atom stereocenters. The first kappa shape index (κ1) is 16.9. The standard InChI is InChI=1S/C23H20N2O3/c1-24(17-5-3-2-4-6-17)21(26)14-9-11-18(12-10-14)25-22(27)19-15-7-8-16(13-15)20(19)23(25)28/h2-12,15-16,19-20H,13H2,1H3. The van der Waals surface area contributed by atoms with Gasteiger partial charge in [0.25, 0.3) is 5.91 Å². The van der Waals surface area contributed by atoms with E-state index in [1.807, 2.05) is 30.3 Å². The summed E-state index contributed by atoms with van der Waals surface area (Å²) in [4.78, 5) is 41.4. The predicted octanol–water partition coefficient (Wildman–Crippen LogP) is 3.27. The number of nitrogens with zero attached hydrogens (tertiary/aromatic N) is 2. The molecule has 5 rings (SSSR count). The van der Waals surface area contributed by atoms with Crippen molar-refractivity contribution in [3.05, 3.63) is 72.3 Å². The van der Waals surface area contributed by atoms with Crippen LogP contribution in [0.15, 0.2) is 66.7 Å². The van der Waals surface area contributed by atoms with E-state index in [0.717, 1.165) is 12.1 Å². The van der Waals surface area contributed by atoms with Crippen molar-refractivity contribution in [3.63, 3.8) is 0 Å². The molecule has 0 radical (unpaired) electrons. The van der Waals surface area contributed by atoms with Gasteiger partial charge >= 0.3 is 0 Å². The molecule has 0 spiro atoms. The first-order valence-corrected chi connectivity index (χ1v) is 9.55. The fourth-order valence-electron chi connectivity index (χ4n) is 4.87. The Kier molecular flexibility index (Phi) is 3.72. The van der Waals surface area contributed by atoms with Crippen molar-refractivity contribution in [1.29, 1.82) is 0 Å². The van der Waals surface area contributed by atoms with E-state index < -0.39 is 0 Å². The van der Waals surface area contributed by atoms with E-state index in [0.29, 0.717) is 11.3 Å². The normalized spacial score (nSPS) is 27.4. The summed E-state index contributed by atoms with van der Waals surface area (Å²) in [5, 5.41) is 0. The van der Waals surface area contributed by atoms with Crippen molar-refractivity contribution >= 4 is 29.1 Å². The molecule has 1 saturated heterocycles. The highest BCUT2D eigenvalue weighted by Crippen LogP contribution is 2.53. The zero-order chi connectivity index (χ0) is 19.4. The van der Waals surface area contributed by atoms with Crippen LogP contribution in [0.5, 0.6) is 0 Å². The number of benzene rings is 2. The maximum absolute atomic E-state index is 12.9. The molecule has 140 valence electrons. The molecule has 0 N–H and O–H groups in total. The summed E-state index contributed by atoms with van der Waals surface area (Å²) in [7, 11) is 1.73. The van der Waals surface area contributed by atoms with Gasteiger partial charge in [-0.1, -0.05) is 30.4 Å². The number of rotatable bonds is 3. The fourth-order valence-corrected chi connectivity index (χ4v) is 4.87. The fraction of sp³-hybridized carbons (Fsp3) is 0.261. The van der Waals surface area contributed by atoms with E-state index in [4.69, 9.17) is 0 Å². The molecule has 1 saturated carbocycles. The summed E-state index contributed by atoms with van der Waals surface area (Å²) < 4.78 is 0. The summed E-state index contributed by atoms with van der Waals surface area (Å²) in [5.74, 6) is -0.398. The van der Waals surface area contributed by atoms with Crippen molar-refractivity contribution in [3.8, 4) is 0 Å². The lowest BCUT2D eigenvalue weighted by Crippen LogP contribution is -2.33. The highest BCUT2D eigenvalue weighted by Gasteiger charge is 2.59. The van der Waals surface area contributed by atoms with Crippen LogP contribution >= 0.6 is 0 Å². The van der Waals surface area contributed by atoms with Crippen molar-refractivity contribution in [2.75, 3.05) is 16.8 Å². The highest BCUT2D eigenvalue weighted by molar-refractivity contribution is 6.23. The lowest BCUT2D eigenvalue weighted by atomic mass is 9.85. The van der Waals surface area contributed by atoms with Crippen molar-refractivity contribution in [1.82, 2.24) is 0 Å². The molecular formula is C23H20N2O3. The molecule has 3 aliphatic rings. The molecule has 2 bridgehead atoms. The first-order chi connectivity index (χ1) is 13.6. The number of carbonyl (C=O) groups excluding carboxylic acids is 3. The summed E-state index contributed by atoms with van der Waals surface area (Å²) in [6, 6.07) is 16.1. The van der Waals surface area contributed by atoms with E-state index in [1.165, 1.54) is 4.90 Å². The molecule has 2 aromatic carbocycles. The Bertz CT molecular complexity index is 966. The zero-order valence-electron chi connectivity index (χ0n) is 15.5. The average Bonchev–Trinajstić information content (AvgIpc) is 3.41. The van der Waals surface area contributed by atoms with Gasteiger partial charge in [-0.25, -0.2) is 0 Å². The third-order valence-electron chi connectivity index (χ3n) is 6.29. The summed E-state index contributed by atoms with van der Waals surface area (Å²) >= 11 is 0. The molecular weight excluding hydrogens is 352 g/mol. The summed E-state index contributed by atoms with van der Waals surface area (Å²) in [6.07, 6.45) is 5.09. The topological polar surface area (TPSA) is 57.7 Å². The minimum Gasteiger partial charge on any atom is -0.311 e. The lowest BCUT2D eigenvalue weighted by Gasteiger charge is -2.19. The van der Waals surface area contributed by atoms with Gasteiger partial charge < -0.3 is 4.90 Å². The van der Waals surface area contributed by atoms with Gasteiger partial charge in [0.2, 0.25) is 11.8 Å². The third-order valence-corrected chi connectivity index (χ3v) is 6.29. The van der Waals surface area contributed by atoms with Crippen LogP contribution in [0, 0.1) is 23.7 Å². The molecule has 1 heterocycles. The quantitative estimate of drug-likeness (QED) is 0.614. The lowest BCUT2D eigenvalue weighted by molar-refractivity contribution is -0.123. The van der Waals surface area contributed by atoms with Crippen LogP contribution in [-0.2, 0) is 9.59 Å². The van der Waals surface area contributed by atoms with Gasteiger partial charge in [0, 0.05) is 18.3 Å². The molecule has 2 aromatic rings. The maximum Gasteiger partial charge on any atom is 0.258 e. The molecule has 2 aliphatic carbocycles. The van der Waals surface area contributed by atoms with E-state index in [9.17, 15) is 14.4 Å². The van der Waals surface area contributed by atoms with E-state index >= 15 is 0 Å². The molecule has 5 nitrogen and oxygen atoms in total. The minimum absolute atomic E-state index is 0.104. The molecule has 1 aliphatic heterocycles. The number of amides is 3. The van der Waals surface area contributed by atoms with Crippen LogP contribution in [0.1, 0.15) is 16.8 Å². The number of allylic oxidation sites excluding steroid dienone is 2. The van der Waals surface area contributed by atoms with Crippen LogP contribution in [0.3, 0.4) is 0 Å². The second-order valence-electron chi connectivity index (χ2n) is 7.76. The highest BCUT2D eigenvalue weighted by atomic mass is 16.2. The molecule has 5 heteroatoms. The smallest absolute Gasteiger partial charge is 0.258 e. The third kappa shape index (κ3) is 2.35.